The van der Waals surface area contributed by atoms with Crippen molar-refractivity contribution >= 4 is 54.4 Å². The third-order valence-electron chi connectivity index (χ3n) is 12.2. The first kappa shape index (κ1) is 31.9. The Labute approximate surface area is 329 Å². The van der Waals surface area contributed by atoms with E-state index in [-0.39, 0.29) is 5.41 Å². The number of para-hydroxylation sites is 2. The number of hydrogen-bond acceptors (Lipinski definition) is 3. The van der Waals surface area contributed by atoms with Crippen LogP contribution in [0.25, 0.3) is 99.9 Å². The van der Waals surface area contributed by atoms with Crippen molar-refractivity contribution in [1.82, 2.24) is 24.1 Å². The molecule has 11 aromatic rings. The molecule has 0 aliphatic heterocycles. The molecule has 0 N–H and O–H groups in total. The summed E-state index contributed by atoms with van der Waals surface area (Å²) in [5.41, 5.74) is 12.5. The third kappa shape index (κ3) is 4.54. The zero-order valence-electron chi connectivity index (χ0n) is 31.5. The van der Waals surface area contributed by atoms with Gasteiger partial charge in [-0.2, -0.15) is 9.97 Å². The summed E-state index contributed by atoms with van der Waals surface area (Å²) in [7, 11) is 0. The van der Waals surface area contributed by atoms with E-state index >= 15 is 0 Å². The molecule has 3 heterocycles. The Balaban J connectivity index is 1.27. The van der Waals surface area contributed by atoms with Crippen LogP contribution in [0.4, 0.5) is 0 Å². The quantitative estimate of drug-likeness (QED) is 0.181. The van der Waals surface area contributed by atoms with E-state index in [1.165, 1.54) is 65.6 Å². The monoisotopic (exact) mass is 729 g/mol. The Kier molecular flexibility index (Phi) is 6.62. The fourth-order valence-electron chi connectivity index (χ4n) is 9.53. The van der Waals surface area contributed by atoms with Crippen molar-refractivity contribution in [1.29, 1.82) is 0 Å². The highest BCUT2D eigenvalue weighted by molar-refractivity contribution is 6.24. The topological polar surface area (TPSA) is 48.5 Å². The van der Waals surface area contributed by atoms with Crippen LogP contribution in [0.1, 0.15) is 25.0 Å². The van der Waals surface area contributed by atoms with Crippen molar-refractivity contribution < 1.29 is 0 Å². The predicted octanol–water partition coefficient (Wildman–Crippen LogP) is 12.9. The highest BCUT2D eigenvalue weighted by Gasteiger charge is 2.36. The van der Waals surface area contributed by atoms with Crippen LogP contribution < -0.4 is 0 Å². The third-order valence-corrected chi connectivity index (χ3v) is 12.2. The minimum absolute atomic E-state index is 0.193. The Morgan fingerprint density at radius 1 is 0.386 bits per heavy atom. The molecule has 0 amide bonds. The van der Waals surface area contributed by atoms with Crippen LogP contribution in [0.3, 0.4) is 0 Å². The molecule has 0 bridgehead atoms. The average Bonchev–Trinajstić information content (AvgIpc) is 3.86. The number of hydrogen-bond donors (Lipinski definition) is 0. The van der Waals surface area contributed by atoms with Crippen molar-refractivity contribution in [2.24, 2.45) is 0 Å². The molecule has 0 spiro atoms. The lowest BCUT2D eigenvalue weighted by atomic mass is 9.82. The molecule has 1 aliphatic rings. The van der Waals surface area contributed by atoms with E-state index < -0.39 is 0 Å². The van der Waals surface area contributed by atoms with Gasteiger partial charge in [0.25, 0.3) is 0 Å². The van der Waals surface area contributed by atoms with Gasteiger partial charge >= 0.3 is 0 Å². The first-order chi connectivity index (χ1) is 28.0. The van der Waals surface area contributed by atoms with E-state index in [0.717, 1.165) is 27.8 Å². The SMILES string of the molecule is CC1(C)c2ccccc2-c2cc3c4c5ccccc5c(-n5c6ccccc6c6ccccc65)cc4n(-c4nc(-c5ccccc5)nc(-c5ccccc5)n4)c3cc21. The smallest absolute Gasteiger partial charge is 0.238 e. The molecule has 3 aromatic heterocycles. The zero-order chi connectivity index (χ0) is 37.8. The highest BCUT2D eigenvalue weighted by Crippen LogP contribution is 2.52. The maximum atomic E-state index is 5.35. The first-order valence-electron chi connectivity index (χ1n) is 19.5. The zero-order valence-corrected chi connectivity index (χ0v) is 31.5. The molecule has 5 heteroatoms. The molecule has 1 aliphatic carbocycles. The second-order valence-corrected chi connectivity index (χ2v) is 15.6. The summed E-state index contributed by atoms with van der Waals surface area (Å²) in [6.07, 6.45) is 0. The van der Waals surface area contributed by atoms with Crippen LogP contribution in [0, 0.1) is 0 Å². The van der Waals surface area contributed by atoms with Crippen LogP contribution in [0.2, 0.25) is 0 Å². The van der Waals surface area contributed by atoms with Crippen LogP contribution >= 0.6 is 0 Å². The molecule has 57 heavy (non-hydrogen) atoms. The maximum Gasteiger partial charge on any atom is 0.238 e. The highest BCUT2D eigenvalue weighted by atomic mass is 15.2. The van der Waals surface area contributed by atoms with Crippen LogP contribution in [-0.2, 0) is 5.41 Å². The van der Waals surface area contributed by atoms with Crippen molar-refractivity contribution in [2.75, 3.05) is 0 Å². The summed E-state index contributed by atoms with van der Waals surface area (Å²) in [5, 5.41) is 7.17. The number of fused-ring (bicyclic) bond motifs is 11. The Morgan fingerprint density at radius 2 is 0.930 bits per heavy atom. The fraction of sp³-hybridized carbons (Fsp3) is 0.0577. The minimum atomic E-state index is -0.193. The summed E-state index contributed by atoms with van der Waals surface area (Å²) in [6, 6.07) is 62.9. The number of rotatable bonds is 4. The standard InChI is InChI=1S/C52H35N5/c1-52(2)41-26-14-11-21-34(41)39-29-40-45(30-42(39)52)57(51-54-49(32-17-5-3-6-18-32)53-50(55-51)33-19-7-4-8-20-33)47-31-46(37-24-9-10-25-38(37)48(40)47)56-43-27-15-12-22-35(43)36-23-13-16-28-44(36)56/h3-31H,1-2H3. The summed E-state index contributed by atoms with van der Waals surface area (Å²) >= 11 is 0. The lowest BCUT2D eigenvalue weighted by Crippen LogP contribution is -2.15. The predicted molar refractivity (Wildman–Crippen MR) is 234 cm³/mol. The summed E-state index contributed by atoms with van der Waals surface area (Å²) in [5.74, 6) is 1.85. The Hall–Kier alpha value is -7.37. The van der Waals surface area contributed by atoms with Crippen LogP contribution in [0.5, 0.6) is 0 Å². The van der Waals surface area contributed by atoms with Gasteiger partial charge in [-0.05, 0) is 58.0 Å². The van der Waals surface area contributed by atoms with Crippen molar-refractivity contribution in [3.8, 4) is 45.5 Å². The van der Waals surface area contributed by atoms with E-state index in [0.29, 0.717) is 17.6 Å². The van der Waals surface area contributed by atoms with Crippen molar-refractivity contribution in [2.45, 2.75) is 19.3 Å². The molecule has 0 atom stereocenters. The molecule has 0 fully saturated rings. The summed E-state index contributed by atoms with van der Waals surface area (Å²) in [6.45, 7) is 4.69. The first-order valence-corrected chi connectivity index (χ1v) is 19.5. The Morgan fingerprint density at radius 3 is 1.58 bits per heavy atom. The van der Waals surface area contributed by atoms with E-state index in [2.05, 4.69) is 163 Å². The lowest BCUT2D eigenvalue weighted by molar-refractivity contribution is 0.661. The second-order valence-electron chi connectivity index (χ2n) is 15.6. The molecule has 8 aromatic carbocycles. The van der Waals surface area contributed by atoms with Gasteiger partial charge in [0.15, 0.2) is 11.6 Å². The number of nitrogens with zero attached hydrogens (tertiary/aromatic N) is 5. The molecule has 0 unspecified atom stereocenters. The van der Waals surface area contributed by atoms with E-state index in [9.17, 15) is 0 Å². The van der Waals surface area contributed by atoms with Gasteiger partial charge in [-0.3, -0.25) is 4.57 Å². The molecule has 268 valence electrons. The van der Waals surface area contributed by atoms with Gasteiger partial charge in [-0.15, -0.1) is 0 Å². The number of aromatic nitrogens is 5. The van der Waals surface area contributed by atoms with E-state index in [1.54, 1.807) is 0 Å². The van der Waals surface area contributed by atoms with E-state index in [4.69, 9.17) is 15.0 Å². The normalized spacial score (nSPS) is 13.2. The molecule has 5 nitrogen and oxygen atoms in total. The molecule has 0 radical (unpaired) electrons. The van der Waals surface area contributed by atoms with Crippen LogP contribution in [-0.4, -0.2) is 24.1 Å². The van der Waals surface area contributed by atoms with Crippen molar-refractivity contribution in [3.05, 3.63) is 187 Å². The van der Waals surface area contributed by atoms with E-state index in [1.807, 2.05) is 36.4 Å². The van der Waals surface area contributed by atoms with Gasteiger partial charge in [0.1, 0.15) is 0 Å². The van der Waals surface area contributed by atoms with Gasteiger partial charge in [0.05, 0.1) is 27.8 Å². The van der Waals surface area contributed by atoms with Gasteiger partial charge < -0.3 is 4.57 Å². The number of benzene rings is 8. The Bertz CT molecular complexity index is 3320. The lowest BCUT2D eigenvalue weighted by Gasteiger charge is -2.21. The van der Waals surface area contributed by atoms with Crippen LogP contribution in [0.15, 0.2) is 176 Å². The maximum absolute atomic E-state index is 5.35. The molecule has 12 rings (SSSR count). The largest absolute Gasteiger partial charge is 0.309 e. The average molecular weight is 730 g/mol. The van der Waals surface area contributed by atoms with Gasteiger partial charge in [-0.1, -0.05) is 159 Å². The van der Waals surface area contributed by atoms with Gasteiger partial charge in [-0.25, -0.2) is 4.98 Å². The molecule has 0 saturated heterocycles. The molecular formula is C52H35N5. The molecule has 0 saturated carbocycles. The minimum Gasteiger partial charge on any atom is -0.309 e. The van der Waals surface area contributed by atoms with Gasteiger partial charge in [0.2, 0.25) is 5.95 Å². The second kappa shape index (κ2) is 11.8. The summed E-state index contributed by atoms with van der Waals surface area (Å²) in [4.78, 5) is 15.8. The van der Waals surface area contributed by atoms with Crippen molar-refractivity contribution in [3.63, 3.8) is 0 Å². The summed E-state index contributed by atoms with van der Waals surface area (Å²) < 4.78 is 4.74. The molecular weight excluding hydrogens is 695 g/mol. The fourth-order valence-corrected chi connectivity index (χ4v) is 9.53. The van der Waals surface area contributed by atoms with Gasteiger partial charge in [0, 0.05) is 43.5 Å².